The first-order chi connectivity index (χ1) is 11.7. The van der Waals surface area contributed by atoms with E-state index in [1.165, 1.54) is 6.33 Å². The Bertz CT molecular complexity index is 653. The zero-order valence-electron chi connectivity index (χ0n) is 13.8. The van der Waals surface area contributed by atoms with Crippen LogP contribution in [0.3, 0.4) is 0 Å². The van der Waals surface area contributed by atoms with Gasteiger partial charge in [0.05, 0.1) is 18.7 Å². The second kappa shape index (κ2) is 7.92. The van der Waals surface area contributed by atoms with E-state index in [2.05, 4.69) is 20.7 Å². The Hall–Kier alpha value is -2.41. The highest BCUT2D eigenvalue weighted by atomic mass is 16.5. The van der Waals surface area contributed by atoms with Crippen molar-refractivity contribution in [2.45, 2.75) is 45.0 Å². The summed E-state index contributed by atoms with van der Waals surface area (Å²) in [6, 6.07) is 7.83. The van der Waals surface area contributed by atoms with Crippen LogP contribution in [0.1, 0.15) is 30.9 Å². The molecule has 2 aromatic rings. The third kappa shape index (κ3) is 4.32. The Morgan fingerprint density at radius 3 is 2.96 bits per heavy atom. The number of nitrogens with one attached hydrogen (secondary N) is 2. The predicted molar refractivity (Wildman–Crippen MR) is 89.4 cm³/mol. The minimum atomic E-state index is -0.173. The molecule has 0 saturated carbocycles. The molecule has 0 radical (unpaired) electrons. The van der Waals surface area contributed by atoms with Crippen LogP contribution >= 0.6 is 0 Å². The lowest BCUT2D eigenvalue weighted by molar-refractivity contribution is 0.0860. The Labute approximate surface area is 141 Å². The van der Waals surface area contributed by atoms with Crippen molar-refractivity contribution in [3.63, 3.8) is 0 Å². The van der Waals surface area contributed by atoms with Crippen molar-refractivity contribution >= 4 is 6.03 Å². The maximum Gasteiger partial charge on any atom is 0.315 e. The van der Waals surface area contributed by atoms with Gasteiger partial charge in [-0.25, -0.2) is 14.5 Å². The summed E-state index contributed by atoms with van der Waals surface area (Å²) in [7, 11) is 0. The first-order valence-electron chi connectivity index (χ1n) is 8.27. The van der Waals surface area contributed by atoms with Gasteiger partial charge in [0.1, 0.15) is 12.7 Å². The summed E-state index contributed by atoms with van der Waals surface area (Å²) in [5.41, 5.74) is 2.17. The molecule has 3 rings (SSSR count). The van der Waals surface area contributed by atoms with Gasteiger partial charge < -0.3 is 15.4 Å². The van der Waals surface area contributed by atoms with Crippen LogP contribution in [0, 0.1) is 0 Å². The zero-order chi connectivity index (χ0) is 16.8. The lowest BCUT2D eigenvalue weighted by atomic mass is 10.1. The average molecular weight is 329 g/mol. The fourth-order valence-corrected chi connectivity index (χ4v) is 2.90. The van der Waals surface area contributed by atoms with Gasteiger partial charge in [-0.3, -0.25) is 0 Å². The molecule has 2 heterocycles. The molecule has 7 nitrogen and oxygen atoms in total. The zero-order valence-corrected chi connectivity index (χ0v) is 13.8. The number of nitrogens with zero attached hydrogens (tertiary/aromatic N) is 3. The smallest absolute Gasteiger partial charge is 0.315 e. The molecule has 2 N–H and O–H groups in total. The van der Waals surface area contributed by atoms with Gasteiger partial charge in [0, 0.05) is 13.2 Å². The maximum absolute atomic E-state index is 12.1. The summed E-state index contributed by atoms with van der Waals surface area (Å²) in [4.78, 5) is 16.1. The van der Waals surface area contributed by atoms with E-state index >= 15 is 0 Å². The molecule has 1 fully saturated rings. The number of carbonyl (C=O) groups is 1. The van der Waals surface area contributed by atoms with Crippen LogP contribution in [-0.2, 0) is 17.8 Å². The summed E-state index contributed by atoms with van der Waals surface area (Å²) in [6.45, 7) is 3.86. The molecule has 1 saturated heterocycles. The van der Waals surface area contributed by atoms with Gasteiger partial charge in [-0.05, 0) is 30.9 Å². The molecule has 0 unspecified atom stereocenters. The third-order valence-corrected chi connectivity index (χ3v) is 4.24. The van der Waals surface area contributed by atoms with E-state index in [0.29, 0.717) is 13.1 Å². The van der Waals surface area contributed by atoms with Crippen molar-refractivity contribution in [3.05, 3.63) is 48.0 Å². The molecule has 1 aromatic heterocycles. The molecule has 1 aromatic carbocycles. The van der Waals surface area contributed by atoms with E-state index in [-0.39, 0.29) is 18.2 Å². The molecule has 2 atom stereocenters. The Balaban J connectivity index is 1.53. The molecule has 1 aliphatic rings. The SMILES string of the molecule is C[C@@H](NC(=O)NCc1ccccc1Cn1cncn1)[C@@H]1CCCO1. The lowest BCUT2D eigenvalue weighted by Gasteiger charge is -2.20. The molecular weight excluding hydrogens is 306 g/mol. The van der Waals surface area contributed by atoms with Gasteiger partial charge in [-0.1, -0.05) is 24.3 Å². The summed E-state index contributed by atoms with van der Waals surface area (Å²) in [5, 5.41) is 10.0. The van der Waals surface area contributed by atoms with Gasteiger partial charge in [0.15, 0.2) is 0 Å². The third-order valence-electron chi connectivity index (χ3n) is 4.24. The van der Waals surface area contributed by atoms with Gasteiger partial charge in [0.25, 0.3) is 0 Å². The largest absolute Gasteiger partial charge is 0.376 e. The Kier molecular flexibility index (Phi) is 5.43. The first-order valence-corrected chi connectivity index (χ1v) is 8.27. The normalized spacial score (nSPS) is 18.3. The standard InChI is InChI=1S/C17H23N5O2/c1-13(16-7-4-8-24-16)21-17(23)19-9-14-5-2-3-6-15(14)10-22-12-18-11-20-22/h2-3,5-6,11-13,16H,4,7-10H2,1H3,(H2,19,21,23)/t13-,16+/m1/s1. The number of benzene rings is 1. The van der Waals surface area contributed by atoms with Crippen LogP contribution in [0.25, 0.3) is 0 Å². The van der Waals surface area contributed by atoms with E-state index in [9.17, 15) is 4.79 Å². The molecule has 7 heteroatoms. The number of amides is 2. The number of ether oxygens (including phenoxy) is 1. The van der Waals surface area contributed by atoms with E-state index in [1.54, 1.807) is 11.0 Å². The van der Waals surface area contributed by atoms with Crippen molar-refractivity contribution in [1.82, 2.24) is 25.4 Å². The molecule has 128 valence electrons. The summed E-state index contributed by atoms with van der Waals surface area (Å²) in [6.07, 6.45) is 5.38. The van der Waals surface area contributed by atoms with Crippen molar-refractivity contribution in [3.8, 4) is 0 Å². The molecular formula is C17H23N5O2. The van der Waals surface area contributed by atoms with E-state index < -0.39 is 0 Å². The monoisotopic (exact) mass is 329 g/mol. The molecule has 2 amide bonds. The molecule has 0 bridgehead atoms. The van der Waals surface area contributed by atoms with Crippen LogP contribution in [0.5, 0.6) is 0 Å². The molecule has 24 heavy (non-hydrogen) atoms. The van der Waals surface area contributed by atoms with Gasteiger partial charge in [-0.15, -0.1) is 0 Å². The lowest BCUT2D eigenvalue weighted by Crippen LogP contribution is -2.45. The number of urea groups is 1. The van der Waals surface area contributed by atoms with Gasteiger partial charge in [0.2, 0.25) is 0 Å². The van der Waals surface area contributed by atoms with Crippen LogP contribution in [-0.4, -0.2) is 39.5 Å². The summed E-state index contributed by atoms with van der Waals surface area (Å²) in [5.74, 6) is 0. The predicted octanol–water partition coefficient (Wildman–Crippen LogP) is 1.69. The van der Waals surface area contributed by atoms with Crippen LogP contribution in [0.4, 0.5) is 4.79 Å². The number of hydrogen-bond acceptors (Lipinski definition) is 4. The molecule has 1 aliphatic heterocycles. The van der Waals surface area contributed by atoms with Gasteiger partial charge in [-0.2, -0.15) is 5.10 Å². The first kappa shape index (κ1) is 16.4. The number of hydrogen-bond donors (Lipinski definition) is 2. The van der Waals surface area contributed by atoms with E-state index in [1.807, 2.05) is 31.2 Å². The second-order valence-electron chi connectivity index (χ2n) is 6.03. The maximum atomic E-state index is 12.1. The van der Waals surface area contributed by atoms with Crippen molar-refractivity contribution in [2.24, 2.45) is 0 Å². The Morgan fingerprint density at radius 2 is 2.25 bits per heavy atom. The van der Waals surface area contributed by atoms with Crippen LogP contribution in [0.15, 0.2) is 36.9 Å². The number of aromatic nitrogens is 3. The highest BCUT2D eigenvalue weighted by Gasteiger charge is 2.23. The highest BCUT2D eigenvalue weighted by molar-refractivity contribution is 5.74. The molecule has 0 spiro atoms. The minimum absolute atomic E-state index is 0.0119. The average Bonchev–Trinajstić information content (AvgIpc) is 3.27. The summed E-state index contributed by atoms with van der Waals surface area (Å²) >= 11 is 0. The van der Waals surface area contributed by atoms with Crippen LogP contribution in [0.2, 0.25) is 0 Å². The quantitative estimate of drug-likeness (QED) is 0.845. The fraction of sp³-hybridized carbons (Fsp3) is 0.471. The van der Waals surface area contributed by atoms with Crippen molar-refractivity contribution < 1.29 is 9.53 Å². The fourth-order valence-electron chi connectivity index (χ4n) is 2.90. The number of carbonyl (C=O) groups excluding carboxylic acids is 1. The topological polar surface area (TPSA) is 81.1 Å². The number of rotatable bonds is 6. The second-order valence-corrected chi connectivity index (χ2v) is 6.03. The van der Waals surface area contributed by atoms with Crippen LogP contribution < -0.4 is 10.6 Å². The van der Waals surface area contributed by atoms with E-state index in [0.717, 1.165) is 30.6 Å². The Morgan fingerprint density at radius 1 is 1.42 bits per heavy atom. The molecule has 0 aliphatic carbocycles. The van der Waals surface area contributed by atoms with Crippen molar-refractivity contribution in [2.75, 3.05) is 6.61 Å². The minimum Gasteiger partial charge on any atom is -0.376 e. The van der Waals surface area contributed by atoms with Crippen molar-refractivity contribution in [1.29, 1.82) is 0 Å². The van der Waals surface area contributed by atoms with Gasteiger partial charge >= 0.3 is 6.03 Å². The summed E-state index contributed by atoms with van der Waals surface area (Å²) < 4.78 is 7.36. The highest BCUT2D eigenvalue weighted by Crippen LogP contribution is 2.15. The van der Waals surface area contributed by atoms with E-state index in [4.69, 9.17) is 4.74 Å².